The Hall–Kier alpha value is -0.330. The molecule has 2 nitrogen and oxygen atoms in total. The SMILES string of the molecule is CCc1ccc(C(N)c2cc(I)ccc2Br)o1. The summed E-state index contributed by atoms with van der Waals surface area (Å²) in [6, 6.07) is 9.84. The highest BCUT2D eigenvalue weighted by Gasteiger charge is 2.16. The summed E-state index contributed by atoms with van der Waals surface area (Å²) >= 11 is 5.81. The van der Waals surface area contributed by atoms with Gasteiger partial charge in [0.2, 0.25) is 0 Å². The van der Waals surface area contributed by atoms with Crippen LogP contribution in [0.1, 0.15) is 30.0 Å². The average molecular weight is 406 g/mol. The minimum absolute atomic E-state index is 0.223. The van der Waals surface area contributed by atoms with E-state index in [0.29, 0.717) is 0 Å². The molecule has 17 heavy (non-hydrogen) atoms. The maximum absolute atomic E-state index is 6.23. The summed E-state index contributed by atoms with van der Waals surface area (Å²) in [6.07, 6.45) is 0.889. The van der Waals surface area contributed by atoms with Gasteiger partial charge < -0.3 is 10.2 Å². The Morgan fingerprint density at radius 3 is 2.76 bits per heavy atom. The Labute approximate surface area is 123 Å². The van der Waals surface area contributed by atoms with Crippen molar-refractivity contribution in [1.29, 1.82) is 0 Å². The molecular formula is C13H13BrINO. The van der Waals surface area contributed by atoms with Gasteiger partial charge in [0.15, 0.2) is 0 Å². The van der Waals surface area contributed by atoms with Crippen LogP contribution in [-0.2, 0) is 6.42 Å². The third kappa shape index (κ3) is 2.92. The fraction of sp³-hybridized carbons (Fsp3) is 0.231. The quantitative estimate of drug-likeness (QED) is 0.775. The Kier molecular flexibility index (Phi) is 4.27. The summed E-state index contributed by atoms with van der Waals surface area (Å²) in [5.74, 6) is 1.78. The predicted octanol–water partition coefficient (Wildman–Crippen LogP) is 4.26. The van der Waals surface area contributed by atoms with Gasteiger partial charge in [-0.3, -0.25) is 0 Å². The van der Waals surface area contributed by atoms with E-state index in [4.69, 9.17) is 10.2 Å². The predicted molar refractivity (Wildman–Crippen MR) is 81.0 cm³/mol. The third-order valence-corrected chi connectivity index (χ3v) is 4.02. The monoisotopic (exact) mass is 405 g/mol. The summed E-state index contributed by atoms with van der Waals surface area (Å²) in [5.41, 5.74) is 7.28. The number of furan rings is 1. The first-order chi connectivity index (χ1) is 8.11. The molecular weight excluding hydrogens is 393 g/mol. The molecule has 0 spiro atoms. The van der Waals surface area contributed by atoms with Crippen molar-refractivity contribution in [2.45, 2.75) is 19.4 Å². The van der Waals surface area contributed by atoms with Gasteiger partial charge in [-0.25, -0.2) is 0 Å². The Bertz CT molecular complexity index is 524. The first kappa shape index (κ1) is 13.1. The number of aryl methyl sites for hydroxylation is 1. The van der Waals surface area contributed by atoms with Crippen LogP contribution >= 0.6 is 38.5 Å². The zero-order valence-corrected chi connectivity index (χ0v) is 13.2. The van der Waals surface area contributed by atoms with E-state index in [9.17, 15) is 0 Å². The lowest BCUT2D eigenvalue weighted by atomic mass is 10.1. The van der Waals surface area contributed by atoms with E-state index >= 15 is 0 Å². The molecule has 0 radical (unpaired) electrons. The largest absolute Gasteiger partial charge is 0.464 e. The topological polar surface area (TPSA) is 39.2 Å². The van der Waals surface area contributed by atoms with Crippen molar-refractivity contribution in [3.63, 3.8) is 0 Å². The van der Waals surface area contributed by atoms with Crippen LogP contribution in [0.3, 0.4) is 0 Å². The molecule has 0 aliphatic heterocycles. The highest BCUT2D eigenvalue weighted by Crippen LogP contribution is 2.29. The second-order valence-corrected chi connectivity index (χ2v) is 5.90. The molecule has 4 heteroatoms. The van der Waals surface area contributed by atoms with Crippen molar-refractivity contribution in [2.75, 3.05) is 0 Å². The van der Waals surface area contributed by atoms with Crippen LogP contribution in [-0.4, -0.2) is 0 Å². The van der Waals surface area contributed by atoms with Crippen molar-refractivity contribution in [3.8, 4) is 0 Å². The number of rotatable bonds is 3. The van der Waals surface area contributed by atoms with Gasteiger partial charge in [-0.1, -0.05) is 22.9 Å². The summed E-state index contributed by atoms with van der Waals surface area (Å²) in [7, 11) is 0. The van der Waals surface area contributed by atoms with E-state index in [1.807, 2.05) is 24.3 Å². The lowest BCUT2D eigenvalue weighted by Gasteiger charge is -2.12. The van der Waals surface area contributed by atoms with Crippen molar-refractivity contribution in [1.82, 2.24) is 0 Å². The summed E-state index contributed by atoms with van der Waals surface area (Å²) in [5, 5.41) is 0. The van der Waals surface area contributed by atoms with E-state index in [0.717, 1.165) is 28.0 Å². The second-order valence-electron chi connectivity index (χ2n) is 3.80. The van der Waals surface area contributed by atoms with E-state index < -0.39 is 0 Å². The van der Waals surface area contributed by atoms with Crippen LogP contribution in [0.15, 0.2) is 39.2 Å². The molecule has 0 aliphatic carbocycles. The van der Waals surface area contributed by atoms with Crippen LogP contribution in [0.5, 0.6) is 0 Å². The minimum Gasteiger partial charge on any atom is -0.464 e. The molecule has 0 saturated carbocycles. The van der Waals surface area contributed by atoms with Crippen molar-refractivity contribution >= 4 is 38.5 Å². The standard InChI is InChI=1S/C13H13BrINO/c1-2-9-4-6-12(17-9)13(16)10-7-8(15)3-5-11(10)14/h3-7,13H,2,16H2,1H3. The summed E-state index contributed by atoms with van der Waals surface area (Å²) < 4.78 is 7.87. The van der Waals surface area contributed by atoms with Crippen LogP contribution in [0.2, 0.25) is 0 Å². The molecule has 2 aromatic rings. The molecule has 1 unspecified atom stereocenters. The van der Waals surface area contributed by atoms with Crippen LogP contribution < -0.4 is 5.73 Å². The van der Waals surface area contributed by atoms with Gasteiger partial charge in [-0.05, 0) is 58.5 Å². The van der Waals surface area contributed by atoms with E-state index in [1.54, 1.807) is 0 Å². The molecule has 0 fully saturated rings. The number of nitrogens with two attached hydrogens (primary N) is 1. The molecule has 0 saturated heterocycles. The molecule has 0 amide bonds. The van der Waals surface area contributed by atoms with Gasteiger partial charge >= 0.3 is 0 Å². The van der Waals surface area contributed by atoms with Gasteiger partial charge in [0.1, 0.15) is 11.5 Å². The molecule has 0 bridgehead atoms. The van der Waals surface area contributed by atoms with Crippen LogP contribution in [0.4, 0.5) is 0 Å². The number of hydrogen-bond donors (Lipinski definition) is 1. The Morgan fingerprint density at radius 2 is 2.12 bits per heavy atom. The van der Waals surface area contributed by atoms with Gasteiger partial charge in [0.05, 0.1) is 6.04 Å². The smallest absolute Gasteiger partial charge is 0.125 e. The number of benzene rings is 1. The average Bonchev–Trinajstić information content (AvgIpc) is 2.80. The Balaban J connectivity index is 2.35. The molecule has 1 atom stereocenters. The molecule has 1 aromatic carbocycles. The normalized spacial score (nSPS) is 12.7. The molecule has 2 rings (SSSR count). The molecule has 1 aromatic heterocycles. The molecule has 90 valence electrons. The Morgan fingerprint density at radius 1 is 1.35 bits per heavy atom. The van der Waals surface area contributed by atoms with Gasteiger partial charge in [-0.2, -0.15) is 0 Å². The second kappa shape index (κ2) is 5.54. The highest BCUT2D eigenvalue weighted by molar-refractivity contribution is 14.1. The van der Waals surface area contributed by atoms with Gasteiger partial charge in [0, 0.05) is 14.5 Å². The maximum atomic E-state index is 6.23. The lowest BCUT2D eigenvalue weighted by molar-refractivity contribution is 0.453. The van der Waals surface area contributed by atoms with E-state index in [1.165, 1.54) is 3.57 Å². The first-order valence-corrected chi connectivity index (χ1v) is 7.28. The molecule has 0 aliphatic rings. The zero-order chi connectivity index (χ0) is 12.4. The van der Waals surface area contributed by atoms with Crippen LogP contribution in [0.25, 0.3) is 0 Å². The van der Waals surface area contributed by atoms with Crippen molar-refractivity contribution < 1.29 is 4.42 Å². The van der Waals surface area contributed by atoms with Gasteiger partial charge in [-0.15, -0.1) is 0 Å². The summed E-state index contributed by atoms with van der Waals surface area (Å²) in [4.78, 5) is 0. The summed E-state index contributed by atoms with van der Waals surface area (Å²) in [6.45, 7) is 2.06. The fourth-order valence-electron chi connectivity index (χ4n) is 1.66. The molecule has 1 heterocycles. The third-order valence-electron chi connectivity index (χ3n) is 2.63. The molecule has 2 N–H and O–H groups in total. The fourth-order valence-corrected chi connectivity index (χ4v) is 2.67. The minimum atomic E-state index is -0.223. The van der Waals surface area contributed by atoms with Crippen molar-refractivity contribution in [3.05, 3.63) is 55.5 Å². The lowest BCUT2D eigenvalue weighted by Crippen LogP contribution is -2.11. The van der Waals surface area contributed by atoms with E-state index in [-0.39, 0.29) is 6.04 Å². The zero-order valence-electron chi connectivity index (χ0n) is 9.41. The van der Waals surface area contributed by atoms with Crippen LogP contribution in [0, 0.1) is 3.57 Å². The highest BCUT2D eigenvalue weighted by atomic mass is 127. The maximum Gasteiger partial charge on any atom is 0.125 e. The number of halogens is 2. The van der Waals surface area contributed by atoms with E-state index in [2.05, 4.69) is 51.5 Å². The first-order valence-electron chi connectivity index (χ1n) is 5.41. The van der Waals surface area contributed by atoms with Gasteiger partial charge in [0.25, 0.3) is 0 Å². The van der Waals surface area contributed by atoms with Crippen molar-refractivity contribution in [2.24, 2.45) is 5.73 Å². The number of hydrogen-bond acceptors (Lipinski definition) is 2.